The number of nitrogens with zero attached hydrogens (tertiary/aromatic N) is 3. The molecule has 1 aromatic carbocycles. The van der Waals surface area contributed by atoms with Crippen LogP contribution in [0.5, 0.6) is 0 Å². The summed E-state index contributed by atoms with van der Waals surface area (Å²) < 4.78 is 1.92. The van der Waals surface area contributed by atoms with E-state index in [9.17, 15) is 4.79 Å². The van der Waals surface area contributed by atoms with Crippen LogP contribution in [0.3, 0.4) is 0 Å². The lowest BCUT2D eigenvalue weighted by Crippen LogP contribution is -2.15. The Hall–Kier alpha value is -2.57. The van der Waals surface area contributed by atoms with Gasteiger partial charge in [0.15, 0.2) is 5.82 Å². The Morgan fingerprint density at radius 1 is 1.47 bits per heavy atom. The molecule has 19 heavy (non-hydrogen) atoms. The number of anilines is 2. The van der Waals surface area contributed by atoms with Crippen molar-refractivity contribution in [2.24, 2.45) is 5.73 Å². The van der Waals surface area contributed by atoms with Crippen LogP contribution in [0.25, 0.3) is 0 Å². The number of para-hydroxylation sites is 1. The van der Waals surface area contributed by atoms with E-state index in [0.29, 0.717) is 23.5 Å². The van der Waals surface area contributed by atoms with Crippen molar-refractivity contribution in [3.05, 3.63) is 35.9 Å². The quantitative estimate of drug-likeness (QED) is 0.681. The molecule has 2 aromatic rings. The molecule has 100 valence electrons. The van der Waals surface area contributed by atoms with Gasteiger partial charge in [0.05, 0.1) is 23.5 Å². The lowest BCUT2D eigenvalue weighted by molar-refractivity contribution is 0.100. The fraction of sp³-hybridized carbons (Fsp3) is 0.250. The molecular formula is C12H16N6O. The zero-order valence-corrected chi connectivity index (χ0v) is 10.6. The van der Waals surface area contributed by atoms with Crippen molar-refractivity contribution < 1.29 is 4.79 Å². The zero-order chi connectivity index (χ0) is 13.8. The van der Waals surface area contributed by atoms with Crippen LogP contribution in [-0.2, 0) is 13.1 Å². The van der Waals surface area contributed by atoms with Crippen molar-refractivity contribution in [1.82, 2.24) is 14.8 Å². The fourth-order valence-electron chi connectivity index (χ4n) is 1.79. The molecule has 0 unspecified atom stereocenters. The number of nitrogens with one attached hydrogen (secondary N) is 1. The summed E-state index contributed by atoms with van der Waals surface area (Å²) in [4.78, 5) is 11.2. The number of hydrogen-bond donors (Lipinski definition) is 3. The molecule has 0 aliphatic rings. The van der Waals surface area contributed by atoms with E-state index in [1.807, 2.05) is 11.5 Å². The Kier molecular flexibility index (Phi) is 3.65. The van der Waals surface area contributed by atoms with Crippen molar-refractivity contribution in [3.8, 4) is 0 Å². The molecule has 0 radical (unpaired) electrons. The molecule has 1 aromatic heterocycles. The highest BCUT2D eigenvalue weighted by Gasteiger charge is 2.10. The largest absolute Gasteiger partial charge is 0.396 e. The summed E-state index contributed by atoms with van der Waals surface area (Å²) in [6.07, 6.45) is 1.67. The van der Waals surface area contributed by atoms with E-state index in [-0.39, 0.29) is 0 Å². The van der Waals surface area contributed by atoms with E-state index in [4.69, 9.17) is 11.5 Å². The number of amides is 1. The number of hydrogen-bond acceptors (Lipinski definition) is 5. The SMILES string of the molecule is CCn1cnnc1CNc1cccc(C(N)=O)c1N. The first-order valence-electron chi connectivity index (χ1n) is 5.92. The number of carbonyl (C=O) groups excluding carboxylic acids is 1. The molecule has 2 rings (SSSR count). The molecule has 5 N–H and O–H groups in total. The molecule has 0 aliphatic heterocycles. The molecule has 7 nitrogen and oxygen atoms in total. The third-order valence-corrected chi connectivity index (χ3v) is 2.84. The summed E-state index contributed by atoms with van der Waals surface area (Å²) in [5.74, 6) is 0.254. The van der Waals surface area contributed by atoms with Crippen LogP contribution in [0, 0.1) is 0 Å². The van der Waals surface area contributed by atoms with Gasteiger partial charge in [-0.3, -0.25) is 4.79 Å². The van der Waals surface area contributed by atoms with E-state index in [1.54, 1.807) is 24.5 Å². The van der Waals surface area contributed by atoms with Gasteiger partial charge in [0.25, 0.3) is 5.91 Å². The van der Waals surface area contributed by atoms with E-state index >= 15 is 0 Å². The maximum Gasteiger partial charge on any atom is 0.250 e. The predicted molar refractivity (Wildman–Crippen MR) is 72.4 cm³/mol. The van der Waals surface area contributed by atoms with Crippen LogP contribution in [-0.4, -0.2) is 20.7 Å². The average Bonchev–Trinajstić information content (AvgIpc) is 2.84. The van der Waals surface area contributed by atoms with Gasteiger partial charge in [0.1, 0.15) is 6.33 Å². The smallest absolute Gasteiger partial charge is 0.250 e. The lowest BCUT2D eigenvalue weighted by atomic mass is 10.1. The summed E-state index contributed by atoms with van der Waals surface area (Å²) >= 11 is 0. The minimum atomic E-state index is -0.544. The van der Waals surface area contributed by atoms with Gasteiger partial charge in [-0.25, -0.2) is 0 Å². The number of nitrogen functional groups attached to an aromatic ring is 1. The zero-order valence-electron chi connectivity index (χ0n) is 10.6. The van der Waals surface area contributed by atoms with E-state index in [1.165, 1.54) is 0 Å². The number of primary amides is 1. The van der Waals surface area contributed by atoms with Crippen LogP contribution in [0.15, 0.2) is 24.5 Å². The first-order chi connectivity index (χ1) is 9.13. The third-order valence-electron chi connectivity index (χ3n) is 2.84. The van der Waals surface area contributed by atoms with Gasteiger partial charge in [-0.2, -0.15) is 0 Å². The summed E-state index contributed by atoms with van der Waals surface area (Å²) in [5, 5.41) is 11.0. The molecular weight excluding hydrogens is 244 g/mol. The van der Waals surface area contributed by atoms with E-state index < -0.39 is 5.91 Å². The number of rotatable bonds is 5. The number of aryl methyl sites for hydroxylation is 1. The van der Waals surface area contributed by atoms with Gasteiger partial charge in [-0.05, 0) is 19.1 Å². The maximum atomic E-state index is 11.2. The normalized spacial score (nSPS) is 10.4. The molecule has 0 atom stereocenters. The lowest BCUT2D eigenvalue weighted by Gasteiger charge is -2.11. The van der Waals surface area contributed by atoms with Gasteiger partial charge < -0.3 is 21.4 Å². The minimum Gasteiger partial charge on any atom is -0.396 e. The summed E-state index contributed by atoms with van der Waals surface area (Å²) in [7, 11) is 0. The fourth-order valence-corrected chi connectivity index (χ4v) is 1.79. The second-order valence-electron chi connectivity index (χ2n) is 4.02. The summed E-state index contributed by atoms with van der Waals surface area (Å²) in [6, 6.07) is 5.11. The molecule has 0 spiro atoms. The molecule has 0 saturated carbocycles. The molecule has 1 amide bonds. The Labute approximate surface area is 110 Å². The van der Waals surface area contributed by atoms with Crippen LogP contribution in [0.4, 0.5) is 11.4 Å². The summed E-state index contributed by atoms with van der Waals surface area (Å²) in [5.41, 5.74) is 12.4. The van der Waals surface area contributed by atoms with Crippen molar-refractivity contribution in [3.63, 3.8) is 0 Å². The Morgan fingerprint density at radius 3 is 2.95 bits per heavy atom. The van der Waals surface area contributed by atoms with Gasteiger partial charge >= 0.3 is 0 Å². The standard InChI is InChI=1S/C12H16N6O/c1-2-18-7-16-17-10(18)6-15-9-5-3-4-8(11(9)13)12(14)19/h3-5,7,15H,2,6,13H2,1H3,(H2,14,19). The molecule has 1 heterocycles. The van der Waals surface area contributed by atoms with Crippen LogP contribution in [0.1, 0.15) is 23.1 Å². The van der Waals surface area contributed by atoms with Crippen LogP contribution < -0.4 is 16.8 Å². The van der Waals surface area contributed by atoms with Gasteiger partial charge in [0.2, 0.25) is 0 Å². The number of carbonyl (C=O) groups is 1. The predicted octanol–water partition coefficient (Wildman–Crippen LogP) is 0.591. The summed E-state index contributed by atoms with van der Waals surface area (Å²) in [6.45, 7) is 3.27. The number of benzene rings is 1. The highest BCUT2D eigenvalue weighted by atomic mass is 16.1. The third kappa shape index (κ3) is 2.65. The maximum absolute atomic E-state index is 11.2. The highest BCUT2D eigenvalue weighted by molar-refractivity contribution is 6.00. The van der Waals surface area contributed by atoms with Crippen molar-refractivity contribution in [2.75, 3.05) is 11.1 Å². The molecule has 0 bridgehead atoms. The first kappa shape index (κ1) is 12.9. The second kappa shape index (κ2) is 5.38. The molecule has 0 saturated heterocycles. The van der Waals surface area contributed by atoms with E-state index in [2.05, 4.69) is 15.5 Å². The Bertz CT molecular complexity index is 592. The van der Waals surface area contributed by atoms with Crippen LogP contribution >= 0.6 is 0 Å². The van der Waals surface area contributed by atoms with Gasteiger partial charge in [-0.15, -0.1) is 10.2 Å². The first-order valence-corrected chi connectivity index (χ1v) is 5.92. The van der Waals surface area contributed by atoms with Crippen molar-refractivity contribution in [1.29, 1.82) is 0 Å². The monoisotopic (exact) mass is 260 g/mol. The van der Waals surface area contributed by atoms with Gasteiger partial charge in [-0.1, -0.05) is 6.07 Å². The minimum absolute atomic E-state index is 0.307. The number of aromatic nitrogens is 3. The van der Waals surface area contributed by atoms with Gasteiger partial charge in [0, 0.05) is 6.54 Å². The van der Waals surface area contributed by atoms with Crippen molar-refractivity contribution in [2.45, 2.75) is 20.0 Å². The van der Waals surface area contributed by atoms with E-state index in [0.717, 1.165) is 12.4 Å². The molecule has 0 fully saturated rings. The highest BCUT2D eigenvalue weighted by Crippen LogP contribution is 2.22. The second-order valence-corrected chi connectivity index (χ2v) is 4.02. The molecule has 0 aliphatic carbocycles. The topological polar surface area (TPSA) is 112 Å². The van der Waals surface area contributed by atoms with Crippen LogP contribution in [0.2, 0.25) is 0 Å². The Morgan fingerprint density at radius 2 is 2.26 bits per heavy atom. The average molecular weight is 260 g/mol. The van der Waals surface area contributed by atoms with Crippen molar-refractivity contribution >= 4 is 17.3 Å². The Balaban J connectivity index is 2.16. The number of nitrogens with two attached hydrogens (primary N) is 2. The molecule has 7 heteroatoms.